The van der Waals surface area contributed by atoms with Gasteiger partial charge in [0.1, 0.15) is 0 Å². The van der Waals surface area contributed by atoms with Crippen LogP contribution in [0.25, 0.3) is 0 Å². The van der Waals surface area contributed by atoms with Gasteiger partial charge in [-0.2, -0.15) is 0 Å². The summed E-state index contributed by atoms with van der Waals surface area (Å²) in [6.07, 6.45) is 11.3. The van der Waals surface area contributed by atoms with Crippen molar-refractivity contribution < 1.29 is 4.79 Å². The van der Waals surface area contributed by atoms with Gasteiger partial charge in [-0.05, 0) is 26.2 Å². The minimum atomic E-state index is 0.294. The van der Waals surface area contributed by atoms with E-state index >= 15 is 0 Å². The molecule has 0 aromatic carbocycles. The summed E-state index contributed by atoms with van der Waals surface area (Å²) in [6.45, 7) is 6.88. The number of likely N-dealkylation sites (tertiary alicyclic amines) is 1. The molecule has 1 rings (SSSR count). The van der Waals surface area contributed by atoms with Crippen molar-refractivity contribution >= 4 is 5.91 Å². The molecule has 0 aliphatic carbocycles. The van der Waals surface area contributed by atoms with E-state index in [1.54, 1.807) is 0 Å². The zero-order valence-electron chi connectivity index (χ0n) is 12.9. The van der Waals surface area contributed by atoms with Crippen LogP contribution in [0.2, 0.25) is 0 Å². The molecule has 0 bridgehead atoms. The molecule has 19 heavy (non-hydrogen) atoms. The van der Waals surface area contributed by atoms with Crippen molar-refractivity contribution in [1.82, 2.24) is 10.2 Å². The highest BCUT2D eigenvalue weighted by Gasteiger charge is 2.15. The van der Waals surface area contributed by atoms with Gasteiger partial charge in [0.2, 0.25) is 5.91 Å². The van der Waals surface area contributed by atoms with Crippen LogP contribution < -0.4 is 5.32 Å². The van der Waals surface area contributed by atoms with Crippen LogP contribution in [0.3, 0.4) is 0 Å². The molecule has 1 amide bonds. The Balaban J connectivity index is 2.10. The van der Waals surface area contributed by atoms with E-state index in [0.29, 0.717) is 18.5 Å². The first-order valence-electron chi connectivity index (χ1n) is 8.25. The van der Waals surface area contributed by atoms with E-state index in [-0.39, 0.29) is 0 Å². The number of unbranched alkanes of at least 4 members (excludes halogenated alkanes) is 3. The van der Waals surface area contributed by atoms with Crippen LogP contribution in [0.5, 0.6) is 0 Å². The summed E-state index contributed by atoms with van der Waals surface area (Å²) in [5.74, 6) is 0.294. The van der Waals surface area contributed by atoms with Gasteiger partial charge in [-0.1, -0.05) is 45.4 Å². The molecule has 3 nitrogen and oxygen atoms in total. The number of rotatable bonds is 8. The van der Waals surface area contributed by atoms with E-state index in [9.17, 15) is 4.79 Å². The molecule has 112 valence electrons. The molecule has 1 aliphatic rings. The van der Waals surface area contributed by atoms with Crippen LogP contribution in [0.1, 0.15) is 71.6 Å². The molecule has 1 fully saturated rings. The Morgan fingerprint density at radius 1 is 1.11 bits per heavy atom. The van der Waals surface area contributed by atoms with Crippen molar-refractivity contribution in [3.63, 3.8) is 0 Å². The molecule has 3 heteroatoms. The van der Waals surface area contributed by atoms with E-state index in [4.69, 9.17) is 0 Å². The zero-order chi connectivity index (χ0) is 13.9. The third kappa shape index (κ3) is 7.56. The molecule has 1 heterocycles. The maximum absolute atomic E-state index is 12.1. The monoisotopic (exact) mass is 268 g/mol. The second kappa shape index (κ2) is 10.2. The Morgan fingerprint density at radius 2 is 1.79 bits per heavy atom. The van der Waals surface area contributed by atoms with Crippen LogP contribution in [0, 0.1) is 0 Å². The van der Waals surface area contributed by atoms with Crippen molar-refractivity contribution in [2.75, 3.05) is 19.6 Å². The average Bonchev–Trinajstić information content (AvgIpc) is 2.70. The molecule has 1 aliphatic heterocycles. The summed E-state index contributed by atoms with van der Waals surface area (Å²) < 4.78 is 0. The molecule has 1 N–H and O–H groups in total. The summed E-state index contributed by atoms with van der Waals surface area (Å²) in [6, 6.07) is 0.466. The number of amides is 1. The molecule has 1 saturated heterocycles. The SMILES string of the molecule is CCCCCCC(C)NCC(=O)N1CCCCCC1. The molecule has 1 unspecified atom stereocenters. The van der Waals surface area contributed by atoms with Gasteiger partial charge in [-0.25, -0.2) is 0 Å². The van der Waals surface area contributed by atoms with Gasteiger partial charge in [-0.15, -0.1) is 0 Å². The number of nitrogens with zero attached hydrogens (tertiary/aromatic N) is 1. The Morgan fingerprint density at radius 3 is 2.42 bits per heavy atom. The van der Waals surface area contributed by atoms with Gasteiger partial charge in [0.05, 0.1) is 6.54 Å². The summed E-state index contributed by atoms with van der Waals surface area (Å²) in [5.41, 5.74) is 0. The van der Waals surface area contributed by atoms with E-state index in [0.717, 1.165) is 13.1 Å². The first-order valence-corrected chi connectivity index (χ1v) is 8.25. The highest BCUT2D eigenvalue weighted by molar-refractivity contribution is 5.78. The lowest BCUT2D eigenvalue weighted by atomic mass is 10.1. The van der Waals surface area contributed by atoms with Gasteiger partial charge in [0, 0.05) is 19.1 Å². The van der Waals surface area contributed by atoms with Crippen LogP contribution in [0.4, 0.5) is 0 Å². The minimum Gasteiger partial charge on any atom is -0.342 e. The van der Waals surface area contributed by atoms with Crippen molar-refractivity contribution in [2.24, 2.45) is 0 Å². The minimum absolute atomic E-state index is 0.294. The van der Waals surface area contributed by atoms with Crippen LogP contribution >= 0.6 is 0 Å². The van der Waals surface area contributed by atoms with E-state index in [1.165, 1.54) is 57.8 Å². The zero-order valence-corrected chi connectivity index (χ0v) is 12.9. The van der Waals surface area contributed by atoms with Gasteiger partial charge in [-0.3, -0.25) is 4.79 Å². The number of nitrogens with one attached hydrogen (secondary N) is 1. The van der Waals surface area contributed by atoms with Crippen LogP contribution in [-0.2, 0) is 4.79 Å². The summed E-state index contributed by atoms with van der Waals surface area (Å²) >= 11 is 0. The lowest BCUT2D eigenvalue weighted by Crippen LogP contribution is -2.41. The molecular weight excluding hydrogens is 236 g/mol. The van der Waals surface area contributed by atoms with Crippen LogP contribution in [0.15, 0.2) is 0 Å². The normalized spacial score (nSPS) is 18.1. The highest BCUT2D eigenvalue weighted by Crippen LogP contribution is 2.10. The third-order valence-corrected chi connectivity index (χ3v) is 4.05. The van der Waals surface area contributed by atoms with Crippen molar-refractivity contribution in [2.45, 2.75) is 77.7 Å². The standard InChI is InChI=1S/C16H32N2O/c1-3-4-5-8-11-15(2)17-14-16(19)18-12-9-6-7-10-13-18/h15,17H,3-14H2,1-2H3. The Labute approximate surface area is 119 Å². The van der Waals surface area contributed by atoms with Crippen LogP contribution in [-0.4, -0.2) is 36.5 Å². The number of hydrogen-bond donors (Lipinski definition) is 1. The van der Waals surface area contributed by atoms with E-state index < -0.39 is 0 Å². The predicted octanol–water partition coefficient (Wildman–Crippen LogP) is 3.34. The van der Waals surface area contributed by atoms with Crippen molar-refractivity contribution in [3.8, 4) is 0 Å². The third-order valence-electron chi connectivity index (χ3n) is 4.05. The summed E-state index contributed by atoms with van der Waals surface area (Å²) in [5, 5.41) is 3.39. The Hall–Kier alpha value is -0.570. The topological polar surface area (TPSA) is 32.3 Å². The van der Waals surface area contributed by atoms with Crippen molar-refractivity contribution in [1.29, 1.82) is 0 Å². The smallest absolute Gasteiger partial charge is 0.236 e. The highest BCUT2D eigenvalue weighted by atomic mass is 16.2. The lowest BCUT2D eigenvalue weighted by Gasteiger charge is -2.22. The summed E-state index contributed by atoms with van der Waals surface area (Å²) in [7, 11) is 0. The number of carbonyl (C=O) groups excluding carboxylic acids is 1. The Bertz CT molecular complexity index is 235. The molecular formula is C16H32N2O. The van der Waals surface area contributed by atoms with Gasteiger partial charge in [0.15, 0.2) is 0 Å². The van der Waals surface area contributed by atoms with E-state index in [1.807, 2.05) is 4.90 Å². The number of carbonyl (C=O) groups is 1. The quantitative estimate of drug-likeness (QED) is 0.685. The molecule has 0 radical (unpaired) electrons. The maximum Gasteiger partial charge on any atom is 0.236 e. The second-order valence-corrected chi connectivity index (χ2v) is 5.93. The molecule has 0 aromatic heterocycles. The fraction of sp³-hybridized carbons (Fsp3) is 0.938. The summed E-state index contributed by atoms with van der Waals surface area (Å²) in [4.78, 5) is 14.1. The van der Waals surface area contributed by atoms with Crippen molar-refractivity contribution in [3.05, 3.63) is 0 Å². The largest absolute Gasteiger partial charge is 0.342 e. The maximum atomic E-state index is 12.1. The lowest BCUT2D eigenvalue weighted by molar-refractivity contribution is -0.130. The first-order chi connectivity index (χ1) is 9.24. The molecule has 0 aromatic rings. The van der Waals surface area contributed by atoms with Gasteiger partial charge >= 0.3 is 0 Å². The average molecular weight is 268 g/mol. The molecule has 1 atom stereocenters. The molecule has 0 spiro atoms. The van der Waals surface area contributed by atoms with Gasteiger partial charge < -0.3 is 10.2 Å². The fourth-order valence-corrected chi connectivity index (χ4v) is 2.67. The molecule has 0 saturated carbocycles. The first kappa shape index (κ1) is 16.5. The second-order valence-electron chi connectivity index (χ2n) is 5.93. The fourth-order valence-electron chi connectivity index (χ4n) is 2.67. The van der Waals surface area contributed by atoms with Gasteiger partial charge in [0.25, 0.3) is 0 Å². The van der Waals surface area contributed by atoms with E-state index in [2.05, 4.69) is 19.2 Å². The number of hydrogen-bond acceptors (Lipinski definition) is 2. The predicted molar refractivity (Wildman–Crippen MR) is 81.3 cm³/mol. The Kier molecular flexibility index (Phi) is 8.89.